The SMILES string of the molecule is O=C(Nc1cncc(C2=CC(C(=O)O)NCC2)c1)Oc1ccccc1. The highest BCUT2D eigenvalue weighted by atomic mass is 16.6. The Labute approximate surface area is 144 Å². The van der Waals surface area contributed by atoms with Crippen LogP contribution >= 0.6 is 0 Å². The lowest BCUT2D eigenvalue weighted by atomic mass is 9.98. The summed E-state index contributed by atoms with van der Waals surface area (Å²) >= 11 is 0. The fraction of sp³-hybridized carbons (Fsp3) is 0.167. The fourth-order valence-electron chi connectivity index (χ4n) is 2.53. The number of hydrogen-bond acceptors (Lipinski definition) is 5. The van der Waals surface area contributed by atoms with Gasteiger partial charge in [0.2, 0.25) is 0 Å². The number of carbonyl (C=O) groups excluding carboxylic acids is 1. The van der Waals surface area contributed by atoms with Crippen LogP contribution in [0, 0.1) is 0 Å². The van der Waals surface area contributed by atoms with Gasteiger partial charge >= 0.3 is 12.1 Å². The van der Waals surface area contributed by atoms with Gasteiger partial charge in [-0.05, 0) is 35.8 Å². The Morgan fingerprint density at radius 1 is 1.24 bits per heavy atom. The highest BCUT2D eigenvalue weighted by Crippen LogP contribution is 2.23. The van der Waals surface area contributed by atoms with Gasteiger partial charge in [0, 0.05) is 12.7 Å². The third-order valence-electron chi connectivity index (χ3n) is 3.70. The predicted octanol–water partition coefficient (Wildman–Crippen LogP) is 2.52. The normalized spacial score (nSPS) is 16.6. The van der Waals surface area contributed by atoms with E-state index in [-0.39, 0.29) is 0 Å². The number of rotatable bonds is 4. The lowest BCUT2D eigenvalue weighted by Crippen LogP contribution is -2.38. The van der Waals surface area contributed by atoms with Crippen LogP contribution in [0.15, 0.2) is 54.9 Å². The Morgan fingerprint density at radius 3 is 2.80 bits per heavy atom. The van der Waals surface area contributed by atoms with Gasteiger partial charge in [-0.2, -0.15) is 0 Å². The molecule has 1 aliphatic rings. The Morgan fingerprint density at radius 2 is 2.04 bits per heavy atom. The summed E-state index contributed by atoms with van der Waals surface area (Å²) in [6.07, 6.45) is 4.88. The van der Waals surface area contributed by atoms with Crippen LogP contribution < -0.4 is 15.4 Å². The van der Waals surface area contributed by atoms with E-state index in [1.165, 1.54) is 6.20 Å². The first-order valence-corrected chi connectivity index (χ1v) is 7.78. The number of para-hydroxylation sites is 1. The second-order valence-electron chi connectivity index (χ2n) is 5.50. The molecule has 0 fully saturated rings. The zero-order chi connectivity index (χ0) is 17.6. The molecule has 0 saturated heterocycles. The zero-order valence-electron chi connectivity index (χ0n) is 13.3. The van der Waals surface area contributed by atoms with Crippen LogP contribution in [-0.2, 0) is 4.79 Å². The number of ether oxygens (including phenoxy) is 1. The lowest BCUT2D eigenvalue weighted by Gasteiger charge is -2.20. The lowest BCUT2D eigenvalue weighted by molar-refractivity contribution is -0.138. The summed E-state index contributed by atoms with van der Waals surface area (Å²) in [5.74, 6) is -0.486. The number of nitrogens with zero attached hydrogens (tertiary/aromatic N) is 1. The number of nitrogens with one attached hydrogen (secondary N) is 2. The highest BCUT2D eigenvalue weighted by Gasteiger charge is 2.20. The van der Waals surface area contributed by atoms with Crippen molar-refractivity contribution in [2.45, 2.75) is 12.5 Å². The molecule has 0 spiro atoms. The maximum atomic E-state index is 11.9. The van der Waals surface area contributed by atoms with E-state index in [0.29, 0.717) is 24.4 Å². The molecule has 7 heteroatoms. The molecule has 128 valence electrons. The molecule has 1 aromatic heterocycles. The van der Waals surface area contributed by atoms with Gasteiger partial charge in [-0.1, -0.05) is 24.3 Å². The second kappa shape index (κ2) is 7.59. The quantitative estimate of drug-likeness (QED) is 0.791. The third-order valence-corrected chi connectivity index (χ3v) is 3.70. The molecule has 1 amide bonds. The minimum Gasteiger partial charge on any atom is -0.480 e. The Bertz CT molecular complexity index is 805. The van der Waals surface area contributed by atoms with E-state index < -0.39 is 18.1 Å². The molecule has 1 aliphatic heterocycles. The van der Waals surface area contributed by atoms with Crippen molar-refractivity contribution in [2.75, 3.05) is 11.9 Å². The van der Waals surface area contributed by atoms with Crippen molar-refractivity contribution in [3.05, 3.63) is 60.4 Å². The topological polar surface area (TPSA) is 101 Å². The van der Waals surface area contributed by atoms with Crippen molar-refractivity contribution in [3.8, 4) is 5.75 Å². The van der Waals surface area contributed by atoms with Gasteiger partial charge in [0.05, 0.1) is 11.9 Å². The molecular formula is C18H17N3O4. The Hall–Kier alpha value is -3.19. The highest BCUT2D eigenvalue weighted by molar-refractivity contribution is 5.87. The largest absolute Gasteiger partial charge is 0.480 e. The fourth-order valence-corrected chi connectivity index (χ4v) is 2.53. The van der Waals surface area contributed by atoms with Gasteiger partial charge in [0.1, 0.15) is 11.8 Å². The van der Waals surface area contributed by atoms with E-state index in [1.54, 1.807) is 42.6 Å². The summed E-state index contributed by atoms with van der Waals surface area (Å²) in [6.45, 7) is 0.566. The molecule has 25 heavy (non-hydrogen) atoms. The molecule has 1 aromatic carbocycles. The van der Waals surface area contributed by atoms with Gasteiger partial charge in [-0.15, -0.1) is 0 Å². The van der Waals surface area contributed by atoms with E-state index in [0.717, 1.165) is 11.1 Å². The number of aromatic nitrogens is 1. The monoisotopic (exact) mass is 339 g/mol. The number of benzene rings is 1. The first kappa shape index (κ1) is 16.7. The first-order chi connectivity index (χ1) is 12.1. The van der Waals surface area contributed by atoms with Crippen LogP contribution in [0.2, 0.25) is 0 Å². The molecule has 0 aliphatic carbocycles. The summed E-state index contributed by atoms with van der Waals surface area (Å²) in [5.41, 5.74) is 2.12. The van der Waals surface area contributed by atoms with Gasteiger partial charge in [0.25, 0.3) is 0 Å². The van der Waals surface area contributed by atoms with E-state index in [4.69, 9.17) is 9.84 Å². The summed E-state index contributed by atoms with van der Waals surface area (Å²) in [6, 6.07) is 9.76. The number of pyridine rings is 1. The van der Waals surface area contributed by atoms with Crippen LogP contribution in [0.25, 0.3) is 5.57 Å². The summed E-state index contributed by atoms with van der Waals surface area (Å²) in [7, 11) is 0. The number of anilines is 1. The van der Waals surface area contributed by atoms with Crippen molar-refractivity contribution in [1.82, 2.24) is 10.3 Å². The van der Waals surface area contributed by atoms with Gasteiger partial charge in [-0.25, -0.2) is 4.79 Å². The number of amides is 1. The second-order valence-corrected chi connectivity index (χ2v) is 5.50. The average molecular weight is 339 g/mol. The Balaban J connectivity index is 1.71. The van der Waals surface area contributed by atoms with Crippen molar-refractivity contribution in [2.24, 2.45) is 0 Å². The van der Waals surface area contributed by atoms with Crippen molar-refractivity contribution < 1.29 is 19.4 Å². The molecule has 7 nitrogen and oxygen atoms in total. The number of carboxylic acids is 1. The molecule has 1 atom stereocenters. The molecular weight excluding hydrogens is 322 g/mol. The zero-order valence-corrected chi connectivity index (χ0v) is 13.3. The van der Waals surface area contributed by atoms with E-state index in [9.17, 15) is 9.59 Å². The van der Waals surface area contributed by atoms with E-state index >= 15 is 0 Å². The Kier molecular flexibility index (Phi) is 5.06. The van der Waals surface area contributed by atoms with E-state index in [2.05, 4.69) is 15.6 Å². The van der Waals surface area contributed by atoms with Crippen molar-refractivity contribution in [1.29, 1.82) is 0 Å². The minimum atomic E-state index is -0.925. The van der Waals surface area contributed by atoms with Crippen LogP contribution in [0.1, 0.15) is 12.0 Å². The molecule has 3 N–H and O–H groups in total. The predicted molar refractivity (Wildman–Crippen MR) is 92.3 cm³/mol. The van der Waals surface area contributed by atoms with Crippen molar-refractivity contribution >= 4 is 23.3 Å². The van der Waals surface area contributed by atoms with E-state index in [1.807, 2.05) is 6.07 Å². The minimum absolute atomic E-state index is 0.439. The average Bonchev–Trinajstić information content (AvgIpc) is 2.63. The van der Waals surface area contributed by atoms with Crippen LogP contribution in [0.3, 0.4) is 0 Å². The van der Waals surface area contributed by atoms with Gasteiger partial charge in [-0.3, -0.25) is 15.1 Å². The standard InChI is InChI=1S/C18H17N3O4/c22-17(23)16-9-12(6-7-20-16)13-8-14(11-19-10-13)21-18(24)25-15-4-2-1-3-5-15/h1-5,8-11,16,20H,6-7H2,(H,21,24)(H,22,23). The summed E-state index contributed by atoms with van der Waals surface area (Å²) < 4.78 is 5.17. The van der Waals surface area contributed by atoms with Crippen LogP contribution in [0.5, 0.6) is 5.75 Å². The smallest absolute Gasteiger partial charge is 0.417 e. The van der Waals surface area contributed by atoms with Crippen LogP contribution in [-0.4, -0.2) is 34.7 Å². The first-order valence-electron chi connectivity index (χ1n) is 7.78. The molecule has 3 rings (SSSR count). The number of aliphatic carboxylic acids is 1. The maximum Gasteiger partial charge on any atom is 0.417 e. The third kappa shape index (κ3) is 4.42. The maximum absolute atomic E-state index is 11.9. The molecule has 0 bridgehead atoms. The summed E-state index contributed by atoms with van der Waals surface area (Å²) in [5, 5.41) is 14.6. The molecule has 2 heterocycles. The van der Waals surface area contributed by atoms with Crippen molar-refractivity contribution in [3.63, 3.8) is 0 Å². The van der Waals surface area contributed by atoms with Gasteiger partial charge in [0.15, 0.2) is 0 Å². The number of carboxylic acid groups (broad SMARTS) is 1. The molecule has 2 aromatic rings. The number of hydrogen-bond donors (Lipinski definition) is 3. The molecule has 0 radical (unpaired) electrons. The summed E-state index contributed by atoms with van der Waals surface area (Å²) in [4.78, 5) is 27.2. The molecule has 0 saturated carbocycles. The number of carbonyl (C=O) groups is 2. The van der Waals surface area contributed by atoms with Gasteiger partial charge < -0.3 is 15.2 Å². The van der Waals surface area contributed by atoms with Crippen LogP contribution in [0.4, 0.5) is 10.5 Å². The molecule has 1 unspecified atom stereocenters.